The first-order valence-corrected chi connectivity index (χ1v) is 6.90. The number of rotatable bonds is 6. The predicted octanol–water partition coefficient (Wildman–Crippen LogP) is 1.02. The zero-order valence-electron chi connectivity index (χ0n) is 11.2. The van der Waals surface area contributed by atoms with Crippen LogP contribution in [0.2, 0.25) is 0 Å². The van der Waals surface area contributed by atoms with Gasteiger partial charge in [0.2, 0.25) is 5.95 Å². The normalized spacial score (nSPS) is 10.5. The quantitative estimate of drug-likeness (QED) is 0.796. The number of carboxylic acids is 1. The molecule has 0 atom stereocenters. The maximum atomic E-state index is 10.6. The van der Waals surface area contributed by atoms with Gasteiger partial charge < -0.3 is 10.0 Å². The molecule has 0 bridgehead atoms. The first-order valence-electron chi connectivity index (χ1n) is 5.92. The molecule has 0 saturated carbocycles. The topological polar surface area (TPSA) is 84.1 Å². The van der Waals surface area contributed by atoms with E-state index in [2.05, 4.69) is 15.2 Å². The van der Waals surface area contributed by atoms with Gasteiger partial charge in [-0.3, -0.25) is 14.3 Å². The number of hydrogen-bond donors (Lipinski definition) is 1. The Balaban J connectivity index is 2.07. The molecule has 0 saturated heterocycles. The highest BCUT2D eigenvalue weighted by atomic mass is 32.2. The lowest BCUT2D eigenvalue weighted by Crippen LogP contribution is -2.20. The molecular formula is C12H15N5O2S. The van der Waals surface area contributed by atoms with Crippen LogP contribution < -0.4 is 4.90 Å². The van der Waals surface area contributed by atoms with E-state index >= 15 is 0 Å². The van der Waals surface area contributed by atoms with Crippen LogP contribution in [0.5, 0.6) is 0 Å². The second-order valence-corrected chi connectivity index (χ2v) is 5.18. The largest absolute Gasteiger partial charge is 0.481 e. The third kappa shape index (κ3) is 3.47. The fraction of sp³-hybridized carbons (Fsp3) is 0.333. The molecule has 0 radical (unpaired) electrons. The van der Waals surface area contributed by atoms with Crippen LogP contribution in [-0.4, -0.2) is 43.6 Å². The molecule has 0 aliphatic carbocycles. The van der Waals surface area contributed by atoms with Crippen LogP contribution in [0.3, 0.4) is 0 Å². The Bertz CT molecular complexity index is 587. The summed E-state index contributed by atoms with van der Waals surface area (Å²) in [6.45, 7) is 0.656. The lowest BCUT2D eigenvalue weighted by molar-refractivity contribution is -0.133. The van der Waals surface area contributed by atoms with Gasteiger partial charge in [-0.25, -0.2) is 0 Å². The third-order valence-corrected chi connectivity index (χ3v) is 3.63. The first kappa shape index (κ1) is 14.3. The molecule has 2 heterocycles. The number of hydrogen-bond acceptors (Lipinski definition) is 6. The maximum absolute atomic E-state index is 10.6. The smallest absolute Gasteiger partial charge is 0.313 e. The average Bonchev–Trinajstić information content (AvgIpc) is 2.79. The number of aromatic nitrogens is 4. The molecule has 7 nitrogen and oxygen atoms in total. The molecule has 0 aliphatic rings. The molecule has 106 valence electrons. The summed E-state index contributed by atoms with van der Waals surface area (Å²) in [7, 11) is 3.72. The molecule has 0 unspecified atom stereocenters. The maximum Gasteiger partial charge on any atom is 0.313 e. The van der Waals surface area contributed by atoms with E-state index in [1.165, 1.54) is 0 Å². The second-order valence-electron chi connectivity index (χ2n) is 4.24. The number of aliphatic carboxylic acids is 1. The van der Waals surface area contributed by atoms with Gasteiger partial charge in [0.15, 0.2) is 5.16 Å². The minimum atomic E-state index is -0.872. The summed E-state index contributed by atoms with van der Waals surface area (Å²) in [6.07, 6.45) is 3.53. The number of carbonyl (C=O) groups is 1. The summed E-state index contributed by atoms with van der Waals surface area (Å²) in [5.41, 5.74) is 1.07. The van der Waals surface area contributed by atoms with E-state index < -0.39 is 5.97 Å². The molecule has 0 aliphatic heterocycles. The third-order valence-electron chi connectivity index (χ3n) is 2.62. The molecule has 20 heavy (non-hydrogen) atoms. The summed E-state index contributed by atoms with van der Waals surface area (Å²) < 4.78 is 1.78. The van der Waals surface area contributed by atoms with Crippen molar-refractivity contribution in [2.75, 3.05) is 17.7 Å². The molecular weight excluding hydrogens is 278 g/mol. The van der Waals surface area contributed by atoms with E-state index in [9.17, 15) is 4.79 Å². The molecule has 0 spiro atoms. The van der Waals surface area contributed by atoms with Gasteiger partial charge in [-0.2, -0.15) is 0 Å². The van der Waals surface area contributed by atoms with Crippen molar-refractivity contribution in [1.29, 1.82) is 0 Å². The van der Waals surface area contributed by atoms with Crippen molar-refractivity contribution in [3.63, 3.8) is 0 Å². The number of anilines is 1. The van der Waals surface area contributed by atoms with Crippen molar-refractivity contribution in [3.05, 3.63) is 30.1 Å². The summed E-state index contributed by atoms with van der Waals surface area (Å²) in [5, 5.41) is 17.4. The number of thioether (sulfide) groups is 1. The van der Waals surface area contributed by atoms with Gasteiger partial charge in [0, 0.05) is 33.0 Å². The molecule has 2 aromatic heterocycles. The highest BCUT2D eigenvalue weighted by molar-refractivity contribution is 7.99. The van der Waals surface area contributed by atoms with Crippen molar-refractivity contribution in [2.45, 2.75) is 11.7 Å². The Kier molecular flexibility index (Phi) is 4.57. The molecule has 0 fully saturated rings. The van der Waals surface area contributed by atoms with Crippen LogP contribution in [0.25, 0.3) is 0 Å². The van der Waals surface area contributed by atoms with Gasteiger partial charge in [-0.15, -0.1) is 10.2 Å². The van der Waals surface area contributed by atoms with E-state index in [-0.39, 0.29) is 5.75 Å². The van der Waals surface area contributed by atoms with Crippen LogP contribution in [0.15, 0.2) is 29.7 Å². The molecule has 8 heteroatoms. The van der Waals surface area contributed by atoms with Crippen LogP contribution in [-0.2, 0) is 18.4 Å². The molecule has 0 amide bonds. The molecule has 2 aromatic rings. The van der Waals surface area contributed by atoms with Crippen molar-refractivity contribution in [1.82, 2.24) is 19.7 Å². The van der Waals surface area contributed by atoms with E-state index in [1.54, 1.807) is 17.0 Å². The van der Waals surface area contributed by atoms with Crippen LogP contribution in [0.1, 0.15) is 5.56 Å². The number of nitrogens with zero attached hydrogens (tertiary/aromatic N) is 5. The lowest BCUT2D eigenvalue weighted by atomic mass is 10.3. The van der Waals surface area contributed by atoms with Crippen LogP contribution >= 0.6 is 11.8 Å². The zero-order chi connectivity index (χ0) is 14.5. The van der Waals surface area contributed by atoms with Gasteiger partial charge in [0.05, 0.1) is 5.75 Å². The highest BCUT2D eigenvalue weighted by Crippen LogP contribution is 2.20. The predicted molar refractivity (Wildman–Crippen MR) is 75.7 cm³/mol. The van der Waals surface area contributed by atoms with Gasteiger partial charge in [0.25, 0.3) is 0 Å². The van der Waals surface area contributed by atoms with Crippen molar-refractivity contribution >= 4 is 23.7 Å². The fourth-order valence-corrected chi connectivity index (χ4v) is 2.35. The van der Waals surface area contributed by atoms with Crippen molar-refractivity contribution in [3.8, 4) is 0 Å². The summed E-state index contributed by atoms with van der Waals surface area (Å²) in [4.78, 5) is 16.6. The van der Waals surface area contributed by atoms with Crippen LogP contribution in [0.4, 0.5) is 5.95 Å². The monoisotopic (exact) mass is 293 g/mol. The Morgan fingerprint density at radius 1 is 1.50 bits per heavy atom. The Morgan fingerprint density at radius 2 is 2.30 bits per heavy atom. The highest BCUT2D eigenvalue weighted by Gasteiger charge is 2.14. The van der Waals surface area contributed by atoms with E-state index in [4.69, 9.17) is 5.11 Å². The number of carboxylic acid groups (broad SMARTS) is 1. The van der Waals surface area contributed by atoms with E-state index in [0.717, 1.165) is 17.3 Å². The van der Waals surface area contributed by atoms with Gasteiger partial charge in [0.1, 0.15) is 0 Å². The Hall–Kier alpha value is -2.09. The zero-order valence-corrected chi connectivity index (χ0v) is 12.0. The average molecular weight is 293 g/mol. The second kappa shape index (κ2) is 6.38. The molecule has 1 N–H and O–H groups in total. The van der Waals surface area contributed by atoms with Crippen molar-refractivity contribution < 1.29 is 9.90 Å². The fourth-order valence-electron chi connectivity index (χ4n) is 1.73. The Labute approximate surface area is 120 Å². The molecule has 0 aromatic carbocycles. The van der Waals surface area contributed by atoms with E-state index in [1.807, 2.05) is 31.1 Å². The van der Waals surface area contributed by atoms with Crippen molar-refractivity contribution in [2.24, 2.45) is 7.05 Å². The van der Waals surface area contributed by atoms with Gasteiger partial charge in [-0.1, -0.05) is 17.8 Å². The summed E-state index contributed by atoms with van der Waals surface area (Å²) >= 11 is 1.15. The minimum Gasteiger partial charge on any atom is -0.481 e. The lowest BCUT2D eigenvalue weighted by Gasteiger charge is -2.17. The first-order chi connectivity index (χ1) is 9.58. The Morgan fingerprint density at radius 3 is 2.95 bits per heavy atom. The SMILES string of the molecule is CN(Cc1cccnc1)c1nnc(SCC(=O)O)n1C. The standard InChI is InChI=1S/C12H15N5O2S/c1-16(7-9-4-3-5-13-6-9)11-14-15-12(17(11)2)20-8-10(18)19/h3-6H,7-8H2,1-2H3,(H,18,19). The van der Waals surface area contributed by atoms with Gasteiger partial charge in [-0.05, 0) is 11.6 Å². The molecule has 2 rings (SSSR count). The summed E-state index contributed by atoms with van der Waals surface area (Å²) in [6, 6.07) is 3.87. The summed E-state index contributed by atoms with van der Waals surface area (Å²) in [5.74, 6) is -0.219. The van der Waals surface area contributed by atoms with E-state index in [0.29, 0.717) is 17.6 Å². The minimum absolute atomic E-state index is 0.0295. The van der Waals surface area contributed by atoms with Gasteiger partial charge >= 0.3 is 5.97 Å². The number of pyridine rings is 1. The van der Waals surface area contributed by atoms with Crippen LogP contribution in [0, 0.1) is 0 Å².